The van der Waals surface area contributed by atoms with Crippen LogP contribution < -0.4 is 4.72 Å². The number of hydrogen-bond acceptors (Lipinski definition) is 5. The second-order valence-corrected chi connectivity index (χ2v) is 7.65. The van der Waals surface area contributed by atoms with Gasteiger partial charge in [0.15, 0.2) is 0 Å². The molecule has 2 N–H and O–H groups in total. The number of aliphatic hydroxyl groups is 1. The van der Waals surface area contributed by atoms with Crippen LogP contribution in [0.3, 0.4) is 0 Å². The zero-order chi connectivity index (χ0) is 16.6. The highest BCUT2D eigenvalue weighted by Gasteiger charge is 2.39. The summed E-state index contributed by atoms with van der Waals surface area (Å²) in [6, 6.07) is 3.53. The summed E-state index contributed by atoms with van der Waals surface area (Å²) in [6.45, 7) is 7.60. The van der Waals surface area contributed by atoms with Gasteiger partial charge in [-0.05, 0) is 46.2 Å². The number of hydrogen-bond donors (Lipinski definition) is 2. The van der Waals surface area contributed by atoms with Crippen molar-refractivity contribution in [3.05, 3.63) is 33.9 Å². The highest BCUT2D eigenvalue weighted by molar-refractivity contribution is 7.89. The summed E-state index contributed by atoms with van der Waals surface area (Å²) in [4.78, 5) is 10.0. The fraction of sp³-hybridized carbons (Fsp3) is 0.538. The van der Waals surface area contributed by atoms with Crippen LogP contribution in [0.4, 0.5) is 5.69 Å². The van der Waals surface area contributed by atoms with Crippen molar-refractivity contribution in [3.8, 4) is 0 Å². The van der Waals surface area contributed by atoms with E-state index < -0.39 is 26.1 Å². The number of non-ortho nitro benzene ring substituents is 1. The van der Waals surface area contributed by atoms with Gasteiger partial charge in [-0.1, -0.05) is 0 Å². The summed E-state index contributed by atoms with van der Waals surface area (Å²) in [5.74, 6) is 0. The lowest BCUT2D eigenvalue weighted by Gasteiger charge is -2.37. The first-order chi connectivity index (χ1) is 9.28. The van der Waals surface area contributed by atoms with Crippen LogP contribution in [0.15, 0.2) is 23.1 Å². The summed E-state index contributed by atoms with van der Waals surface area (Å²) in [7, 11) is -3.91. The van der Waals surface area contributed by atoms with E-state index in [-0.39, 0.29) is 16.1 Å². The quantitative estimate of drug-likeness (QED) is 0.635. The molecule has 0 amide bonds. The molecule has 0 heterocycles. The predicted molar refractivity (Wildman–Crippen MR) is 78.5 cm³/mol. The van der Waals surface area contributed by atoms with Crippen molar-refractivity contribution >= 4 is 15.7 Å². The van der Waals surface area contributed by atoms with Crippen LogP contribution in [0, 0.1) is 17.0 Å². The molecule has 0 atom stereocenters. The predicted octanol–water partition coefficient (Wildman–Crippen LogP) is 1.73. The minimum Gasteiger partial charge on any atom is -0.389 e. The number of nitrogens with zero attached hydrogens (tertiary/aromatic N) is 1. The molecule has 1 rings (SSSR count). The number of sulfonamides is 1. The largest absolute Gasteiger partial charge is 0.389 e. The number of nitro benzene ring substituents is 1. The monoisotopic (exact) mass is 316 g/mol. The van der Waals surface area contributed by atoms with E-state index in [1.54, 1.807) is 13.8 Å². The lowest BCUT2D eigenvalue weighted by molar-refractivity contribution is -0.385. The van der Waals surface area contributed by atoms with E-state index in [9.17, 15) is 23.6 Å². The molecule has 0 bridgehead atoms. The zero-order valence-electron chi connectivity index (χ0n) is 12.7. The van der Waals surface area contributed by atoms with Crippen molar-refractivity contribution in [3.63, 3.8) is 0 Å². The number of rotatable bonds is 5. The molecule has 0 spiro atoms. The van der Waals surface area contributed by atoms with Gasteiger partial charge in [-0.2, -0.15) is 0 Å². The molecule has 1 aromatic rings. The SMILES string of the molecule is Cc1cc([N+](=O)[O-])ccc1S(=O)(=O)NC(C)(C)C(C)(C)O. The van der Waals surface area contributed by atoms with Gasteiger partial charge in [-0.15, -0.1) is 0 Å². The zero-order valence-corrected chi connectivity index (χ0v) is 13.5. The Morgan fingerprint density at radius 1 is 1.24 bits per heavy atom. The van der Waals surface area contributed by atoms with Gasteiger partial charge < -0.3 is 5.11 Å². The third-order valence-corrected chi connectivity index (χ3v) is 5.39. The molecule has 21 heavy (non-hydrogen) atoms. The topological polar surface area (TPSA) is 110 Å². The van der Waals surface area contributed by atoms with E-state index in [1.165, 1.54) is 32.9 Å². The standard InChI is InChI=1S/C13H20N2O5S/c1-9-8-10(15(17)18)6-7-11(9)21(19,20)14-12(2,3)13(4,5)16/h6-8,14,16H,1-5H3. The van der Waals surface area contributed by atoms with E-state index in [4.69, 9.17) is 0 Å². The number of benzene rings is 1. The average Bonchev–Trinajstić information content (AvgIpc) is 2.25. The van der Waals surface area contributed by atoms with Crippen LogP contribution >= 0.6 is 0 Å². The molecule has 0 aliphatic carbocycles. The molecule has 7 nitrogen and oxygen atoms in total. The lowest BCUT2D eigenvalue weighted by atomic mass is 9.87. The van der Waals surface area contributed by atoms with Crippen molar-refractivity contribution in [2.75, 3.05) is 0 Å². The normalized spacial score (nSPS) is 13.2. The molecule has 8 heteroatoms. The Morgan fingerprint density at radius 2 is 1.76 bits per heavy atom. The van der Waals surface area contributed by atoms with Gasteiger partial charge in [0, 0.05) is 12.1 Å². The smallest absolute Gasteiger partial charge is 0.269 e. The first kappa shape index (κ1) is 17.5. The van der Waals surface area contributed by atoms with Crippen LogP contribution in [0.5, 0.6) is 0 Å². The molecule has 0 saturated carbocycles. The molecule has 0 unspecified atom stereocenters. The molecule has 0 aromatic heterocycles. The Bertz CT molecular complexity index is 660. The van der Waals surface area contributed by atoms with Crippen LogP contribution in [0.25, 0.3) is 0 Å². The Kier molecular flexibility index (Phi) is 4.48. The summed E-state index contributed by atoms with van der Waals surface area (Å²) >= 11 is 0. The van der Waals surface area contributed by atoms with Gasteiger partial charge in [-0.25, -0.2) is 13.1 Å². The lowest BCUT2D eigenvalue weighted by Crippen LogP contribution is -2.57. The first-order valence-electron chi connectivity index (χ1n) is 6.29. The van der Waals surface area contributed by atoms with E-state index in [2.05, 4.69) is 4.72 Å². The maximum Gasteiger partial charge on any atom is 0.269 e. The van der Waals surface area contributed by atoms with Crippen molar-refractivity contribution in [1.29, 1.82) is 0 Å². The van der Waals surface area contributed by atoms with Crippen molar-refractivity contribution < 1.29 is 18.4 Å². The fourth-order valence-electron chi connectivity index (χ4n) is 1.56. The Balaban J connectivity index is 3.24. The summed E-state index contributed by atoms with van der Waals surface area (Å²) in [6.07, 6.45) is 0. The van der Waals surface area contributed by atoms with E-state index in [0.29, 0.717) is 0 Å². The molecule has 0 radical (unpaired) electrons. The minimum atomic E-state index is -3.91. The molecular weight excluding hydrogens is 296 g/mol. The summed E-state index contributed by atoms with van der Waals surface area (Å²) in [5.41, 5.74) is -2.30. The third kappa shape index (κ3) is 3.78. The Hall–Kier alpha value is -1.51. The number of nitrogens with one attached hydrogen (secondary N) is 1. The highest BCUT2D eigenvalue weighted by atomic mass is 32.2. The molecular formula is C13H20N2O5S. The van der Waals surface area contributed by atoms with Crippen LogP contribution in [0.1, 0.15) is 33.3 Å². The molecule has 0 aliphatic rings. The summed E-state index contributed by atoms with van der Waals surface area (Å²) in [5, 5.41) is 20.7. The maximum absolute atomic E-state index is 12.4. The van der Waals surface area contributed by atoms with Gasteiger partial charge in [0.2, 0.25) is 10.0 Å². The highest BCUT2D eigenvalue weighted by Crippen LogP contribution is 2.26. The van der Waals surface area contributed by atoms with Crippen LogP contribution in [-0.2, 0) is 10.0 Å². The van der Waals surface area contributed by atoms with Gasteiger partial charge in [-0.3, -0.25) is 10.1 Å². The van der Waals surface area contributed by atoms with Gasteiger partial charge >= 0.3 is 0 Å². The Labute approximate surface area is 124 Å². The van der Waals surface area contributed by atoms with Gasteiger partial charge in [0.1, 0.15) is 0 Å². The molecule has 0 saturated heterocycles. The molecule has 118 valence electrons. The second-order valence-electron chi connectivity index (χ2n) is 6.00. The fourth-order valence-corrected chi connectivity index (χ4v) is 3.33. The minimum absolute atomic E-state index is 0.0505. The van der Waals surface area contributed by atoms with Gasteiger partial charge in [0.25, 0.3) is 5.69 Å². The maximum atomic E-state index is 12.4. The molecule has 1 aromatic carbocycles. The average molecular weight is 316 g/mol. The van der Waals surface area contributed by atoms with Crippen LogP contribution in [-0.4, -0.2) is 29.6 Å². The molecule has 0 fully saturated rings. The van der Waals surface area contributed by atoms with Crippen molar-refractivity contribution in [2.24, 2.45) is 0 Å². The van der Waals surface area contributed by atoms with E-state index in [1.807, 2.05) is 0 Å². The Morgan fingerprint density at radius 3 is 2.14 bits per heavy atom. The van der Waals surface area contributed by atoms with E-state index >= 15 is 0 Å². The van der Waals surface area contributed by atoms with Crippen LogP contribution in [0.2, 0.25) is 0 Å². The van der Waals surface area contributed by atoms with Gasteiger partial charge in [0.05, 0.1) is 21.0 Å². The van der Waals surface area contributed by atoms with Crippen molar-refractivity contribution in [2.45, 2.75) is 50.7 Å². The van der Waals surface area contributed by atoms with Crippen molar-refractivity contribution in [1.82, 2.24) is 4.72 Å². The number of aryl methyl sites for hydroxylation is 1. The number of nitro groups is 1. The third-order valence-electron chi connectivity index (χ3n) is 3.58. The second kappa shape index (κ2) is 5.36. The molecule has 0 aliphatic heterocycles. The van der Waals surface area contributed by atoms with E-state index in [0.717, 1.165) is 6.07 Å². The first-order valence-corrected chi connectivity index (χ1v) is 7.78. The summed E-state index contributed by atoms with van der Waals surface area (Å²) < 4.78 is 27.2.